The van der Waals surface area contributed by atoms with Crippen LogP contribution in [0.4, 0.5) is 13.2 Å². The molecular formula is C13H20F3NO2. The minimum absolute atomic E-state index is 0.159. The Bertz CT molecular complexity index is 326. The molecule has 0 spiro atoms. The quantitative estimate of drug-likeness (QED) is 0.860. The number of carboxylic acids is 1. The second kappa shape index (κ2) is 5.69. The highest BCUT2D eigenvalue weighted by molar-refractivity contribution is 5.71. The molecule has 0 amide bonds. The normalized spacial score (nSPS) is 27.8. The first kappa shape index (κ1) is 14.6. The van der Waals surface area contributed by atoms with Gasteiger partial charge in [-0.2, -0.15) is 13.2 Å². The van der Waals surface area contributed by atoms with Crippen LogP contribution in [-0.2, 0) is 4.79 Å². The summed E-state index contributed by atoms with van der Waals surface area (Å²) in [6.07, 6.45) is 1.58. The zero-order valence-corrected chi connectivity index (χ0v) is 10.8. The van der Waals surface area contributed by atoms with Crippen molar-refractivity contribution >= 4 is 5.97 Å². The Morgan fingerprint density at radius 2 is 1.84 bits per heavy atom. The number of aliphatic carboxylic acids is 1. The number of rotatable bonds is 4. The Kier molecular flexibility index (Phi) is 4.38. The van der Waals surface area contributed by atoms with Crippen LogP contribution in [0.3, 0.4) is 0 Å². The predicted octanol–water partition coefficient (Wildman–Crippen LogP) is 2.90. The summed E-state index contributed by atoms with van der Waals surface area (Å²) in [5.41, 5.74) is 0. The van der Waals surface area contributed by atoms with E-state index in [9.17, 15) is 18.0 Å². The van der Waals surface area contributed by atoms with Gasteiger partial charge in [-0.25, -0.2) is 0 Å². The Hall–Kier alpha value is -0.780. The van der Waals surface area contributed by atoms with E-state index in [-0.39, 0.29) is 12.6 Å². The summed E-state index contributed by atoms with van der Waals surface area (Å²) in [7, 11) is 0. The van der Waals surface area contributed by atoms with Gasteiger partial charge in [-0.05, 0) is 38.1 Å². The average Bonchev–Trinajstić information content (AvgIpc) is 2.94. The van der Waals surface area contributed by atoms with Crippen LogP contribution >= 0.6 is 0 Å². The van der Waals surface area contributed by atoms with E-state index in [0.29, 0.717) is 12.5 Å². The number of alkyl halides is 3. The van der Waals surface area contributed by atoms with Crippen LogP contribution in [0.1, 0.15) is 38.5 Å². The lowest BCUT2D eigenvalue weighted by Gasteiger charge is -2.31. The Balaban J connectivity index is 2.01. The number of likely N-dealkylation sites (tertiary alicyclic amines) is 1. The van der Waals surface area contributed by atoms with Gasteiger partial charge >= 0.3 is 12.1 Å². The summed E-state index contributed by atoms with van der Waals surface area (Å²) in [5, 5.41) is 8.77. The topological polar surface area (TPSA) is 40.5 Å². The SMILES string of the molecule is O=C(O)C(CN1CCCC1C1CCCC1)C(F)(F)F. The van der Waals surface area contributed by atoms with E-state index in [2.05, 4.69) is 0 Å². The van der Waals surface area contributed by atoms with E-state index in [4.69, 9.17) is 5.11 Å². The first-order valence-corrected chi connectivity index (χ1v) is 6.93. The van der Waals surface area contributed by atoms with Crippen molar-refractivity contribution in [3.05, 3.63) is 0 Å². The monoisotopic (exact) mass is 279 g/mol. The highest BCUT2D eigenvalue weighted by Gasteiger charge is 2.47. The minimum Gasteiger partial charge on any atom is -0.481 e. The van der Waals surface area contributed by atoms with Gasteiger partial charge in [0.1, 0.15) is 0 Å². The van der Waals surface area contributed by atoms with Crippen molar-refractivity contribution in [3.63, 3.8) is 0 Å². The van der Waals surface area contributed by atoms with Gasteiger partial charge in [-0.1, -0.05) is 12.8 Å². The van der Waals surface area contributed by atoms with Gasteiger partial charge in [0, 0.05) is 12.6 Å². The molecule has 1 saturated heterocycles. The summed E-state index contributed by atoms with van der Waals surface area (Å²) in [5.74, 6) is -3.55. The van der Waals surface area contributed by atoms with E-state index < -0.39 is 18.1 Å². The summed E-state index contributed by atoms with van der Waals surface area (Å²) in [6, 6.07) is 0.159. The molecule has 110 valence electrons. The zero-order chi connectivity index (χ0) is 14.0. The maximum Gasteiger partial charge on any atom is 0.403 e. The van der Waals surface area contributed by atoms with Crippen molar-refractivity contribution in [1.82, 2.24) is 4.90 Å². The van der Waals surface area contributed by atoms with E-state index in [1.807, 2.05) is 0 Å². The highest BCUT2D eigenvalue weighted by atomic mass is 19.4. The molecule has 1 heterocycles. The number of carbonyl (C=O) groups is 1. The summed E-state index contributed by atoms with van der Waals surface area (Å²) < 4.78 is 38.2. The molecule has 1 aliphatic heterocycles. The molecule has 0 aromatic rings. The summed E-state index contributed by atoms with van der Waals surface area (Å²) >= 11 is 0. The molecule has 1 aliphatic carbocycles. The Morgan fingerprint density at radius 3 is 2.37 bits per heavy atom. The van der Waals surface area contributed by atoms with Crippen molar-refractivity contribution in [2.45, 2.75) is 50.7 Å². The van der Waals surface area contributed by atoms with Crippen molar-refractivity contribution < 1.29 is 23.1 Å². The van der Waals surface area contributed by atoms with Crippen LogP contribution < -0.4 is 0 Å². The standard InChI is InChI=1S/C13H20F3NO2/c14-13(15,16)10(12(18)19)8-17-7-3-6-11(17)9-4-1-2-5-9/h9-11H,1-8H2,(H,18,19). The maximum absolute atomic E-state index is 12.7. The molecule has 2 fully saturated rings. The fourth-order valence-corrected chi connectivity index (χ4v) is 3.51. The van der Waals surface area contributed by atoms with Crippen LogP contribution in [-0.4, -0.2) is 41.3 Å². The molecule has 1 N–H and O–H groups in total. The fourth-order valence-electron chi connectivity index (χ4n) is 3.51. The van der Waals surface area contributed by atoms with Gasteiger partial charge < -0.3 is 5.11 Å². The van der Waals surface area contributed by atoms with E-state index in [1.54, 1.807) is 4.90 Å². The first-order valence-electron chi connectivity index (χ1n) is 6.93. The van der Waals surface area contributed by atoms with E-state index in [1.165, 1.54) is 0 Å². The van der Waals surface area contributed by atoms with Crippen LogP contribution in [0.15, 0.2) is 0 Å². The second-order valence-electron chi connectivity index (χ2n) is 5.68. The molecule has 2 rings (SSSR count). The Labute approximate surface area is 110 Å². The lowest BCUT2D eigenvalue weighted by Crippen LogP contribution is -2.44. The maximum atomic E-state index is 12.7. The van der Waals surface area contributed by atoms with Crippen LogP contribution in [0.2, 0.25) is 0 Å². The fraction of sp³-hybridized carbons (Fsp3) is 0.923. The van der Waals surface area contributed by atoms with Crippen molar-refractivity contribution in [1.29, 1.82) is 0 Å². The van der Waals surface area contributed by atoms with Gasteiger partial charge in [-0.3, -0.25) is 9.69 Å². The van der Waals surface area contributed by atoms with E-state index in [0.717, 1.165) is 38.5 Å². The van der Waals surface area contributed by atoms with E-state index >= 15 is 0 Å². The minimum atomic E-state index is -4.66. The lowest BCUT2D eigenvalue weighted by atomic mass is 9.95. The van der Waals surface area contributed by atoms with Crippen LogP contribution in [0, 0.1) is 11.8 Å². The third kappa shape index (κ3) is 3.41. The van der Waals surface area contributed by atoms with Crippen molar-refractivity contribution in [3.8, 4) is 0 Å². The predicted molar refractivity (Wildman–Crippen MR) is 63.7 cm³/mol. The molecule has 1 saturated carbocycles. The molecule has 6 heteroatoms. The molecule has 3 nitrogen and oxygen atoms in total. The largest absolute Gasteiger partial charge is 0.481 e. The highest BCUT2D eigenvalue weighted by Crippen LogP contribution is 2.37. The van der Waals surface area contributed by atoms with Gasteiger partial charge in [0.15, 0.2) is 5.92 Å². The molecule has 0 aromatic carbocycles. The molecule has 2 aliphatic rings. The summed E-state index contributed by atoms with van der Waals surface area (Å²) in [6.45, 7) is 0.209. The number of carboxylic acid groups (broad SMARTS) is 1. The summed E-state index contributed by atoms with van der Waals surface area (Å²) in [4.78, 5) is 12.6. The Morgan fingerprint density at radius 1 is 1.21 bits per heavy atom. The van der Waals surface area contributed by atoms with Crippen LogP contribution in [0.25, 0.3) is 0 Å². The van der Waals surface area contributed by atoms with Crippen molar-refractivity contribution in [2.75, 3.05) is 13.1 Å². The zero-order valence-electron chi connectivity index (χ0n) is 10.8. The molecule has 19 heavy (non-hydrogen) atoms. The lowest BCUT2D eigenvalue weighted by molar-refractivity contribution is -0.197. The average molecular weight is 279 g/mol. The van der Waals surface area contributed by atoms with Gasteiger partial charge in [0.2, 0.25) is 0 Å². The number of nitrogens with zero attached hydrogens (tertiary/aromatic N) is 1. The third-order valence-electron chi connectivity index (χ3n) is 4.47. The van der Waals surface area contributed by atoms with Gasteiger partial charge in [-0.15, -0.1) is 0 Å². The smallest absolute Gasteiger partial charge is 0.403 e. The molecule has 0 bridgehead atoms. The van der Waals surface area contributed by atoms with Gasteiger partial charge in [0.05, 0.1) is 0 Å². The second-order valence-corrected chi connectivity index (χ2v) is 5.68. The number of hydrogen-bond donors (Lipinski definition) is 1. The number of hydrogen-bond acceptors (Lipinski definition) is 2. The molecule has 2 atom stereocenters. The molecule has 0 aromatic heterocycles. The number of halogens is 3. The van der Waals surface area contributed by atoms with Gasteiger partial charge in [0.25, 0.3) is 0 Å². The van der Waals surface area contributed by atoms with Crippen LogP contribution in [0.5, 0.6) is 0 Å². The first-order chi connectivity index (χ1) is 8.89. The third-order valence-corrected chi connectivity index (χ3v) is 4.47. The van der Waals surface area contributed by atoms with Crippen molar-refractivity contribution in [2.24, 2.45) is 11.8 Å². The molecule has 2 unspecified atom stereocenters. The molecular weight excluding hydrogens is 259 g/mol. The molecule has 0 radical (unpaired) electrons.